The SMILES string of the molecule is CCC(O)CNC(C)c1cnc2cc(C)nn2c1C. The summed E-state index contributed by atoms with van der Waals surface area (Å²) in [6.07, 6.45) is 2.35. The number of aromatic nitrogens is 3. The van der Waals surface area contributed by atoms with Gasteiger partial charge < -0.3 is 10.4 Å². The fraction of sp³-hybridized carbons (Fsp3) is 0.571. The van der Waals surface area contributed by atoms with Crippen molar-refractivity contribution in [2.45, 2.75) is 46.3 Å². The Bertz CT molecular complexity index is 564. The third kappa shape index (κ3) is 2.93. The van der Waals surface area contributed by atoms with E-state index in [2.05, 4.69) is 22.3 Å². The third-order valence-corrected chi connectivity index (χ3v) is 3.48. The maximum Gasteiger partial charge on any atom is 0.155 e. The van der Waals surface area contributed by atoms with Gasteiger partial charge in [-0.05, 0) is 27.2 Å². The van der Waals surface area contributed by atoms with Crippen molar-refractivity contribution in [1.29, 1.82) is 0 Å². The minimum atomic E-state index is -0.300. The predicted molar refractivity (Wildman–Crippen MR) is 75.2 cm³/mol. The van der Waals surface area contributed by atoms with E-state index in [1.807, 2.05) is 37.5 Å². The minimum absolute atomic E-state index is 0.141. The van der Waals surface area contributed by atoms with Crippen molar-refractivity contribution in [2.75, 3.05) is 6.54 Å². The molecule has 104 valence electrons. The Morgan fingerprint density at radius 1 is 1.42 bits per heavy atom. The Hall–Kier alpha value is -1.46. The summed E-state index contributed by atoms with van der Waals surface area (Å²) in [6, 6.07) is 2.11. The van der Waals surface area contributed by atoms with Crippen LogP contribution in [0, 0.1) is 13.8 Å². The number of fused-ring (bicyclic) bond motifs is 1. The maximum atomic E-state index is 9.60. The van der Waals surface area contributed by atoms with Gasteiger partial charge in [0.05, 0.1) is 11.8 Å². The Kier molecular flexibility index (Phi) is 4.17. The number of nitrogens with zero attached hydrogens (tertiary/aromatic N) is 3. The van der Waals surface area contributed by atoms with Crippen molar-refractivity contribution in [3.8, 4) is 0 Å². The molecular formula is C14H22N4O. The van der Waals surface area contributed by atoms with Gasteiger partial charge in [-0.1, -0.05) is 6.92 Å². The standard InChI is InChI=1S/C14H22N4O/c1-5-12(19)7-15-10(3)13-8-16-14-6-9(2)17-18(14)11(13)4/h6,8,10,12,15,19H,5,7H2,1-4H3. The van der Waals surface area contributed by atoms with Crippen molar-refractivity contribution in [3.63, 3.8) is 0 Å². The number of aryl methyl sites for hydroxylation is 2. The first kappa shape index (κ1) is 14.0. The molecule has 0 aromatic carbocycles. The molecule has 5 nitrogen and oxygen atoms in total. The first-order valence-electron chi connectivity index (χ1n) is 6.76. The van der Waals surface area contributed by atoms with E-state index in [9.17, 15) is 5.11 Å². The van der Waals surface area contributed by atoms with E-state index < -0.39 is 0 Å². The van der Waals surface area contributed by atoms with E-state index in [-0.39, 0.29) is 12.1 Å². The summed E-state index contributed by atoms with van der Waals surface area (Å²) >= 11 is 0. The number of rotatable bonds is 5. The van der Waals surface area contributed by atoms with Gasteiger partial charge >= 0.3 is 0 Å². The third-order valence-electron chi connectivity index (χ3n) is 3.48. The molecule has 0 radical (unpaired) electrons. The highest BCUT2D eigenvalue weighted by Gasteiger charge is 2.13. The van der Waals surface area contributed by atoms with Crippen molar-refractivity contribution in [2.24, 2.45) is 0 Å². The number of hydrogen-bond acceptors (Lipinski definition) is 4. The van der Waals surface area contributed by atoms with Crippen molar-refractivity contribution >= 4 is 5.65 Å². The molecule has 2 N–H and O–H groups in total. The van der Waals surface area contributed by atoms with E-state index in [1.165, 1.54) is 0 Å². The van der Waals surface area contributed by atoms with Crippen LogP contribution in [0.25, 0.3) is 5.65 Å². The van der Waals surface area contributed by atoms with Gasteiger partial charge in [0, 0.05) is 36.1 Å². The van der Waals surface area contributed by atoms with E-state index in [0.29, 0.717) is 6.54 Å². The predicted octanol–water partition coefficient (Wildman–Crippen LogP) is 1.77. The van der Waals surface area contributed by atoms with Crippen molar-refractivity contribution in [1.82, 2.24) is 19.9 Å². The van der Waals surface area contributed by atoms with E-state index >= 15 is 0 Å². The fourth-order valence-corrected chi connectivity index (χ4v) is 2.17. The summed E-state index contributed by atoms with van der Waals surface area (Å²) in [5.74, 6) is 0. The summed E-state index contributed by atoms with van der Waals surface area (Å²) < 4.78 is 1.87. The second-order valence-corrected chi connectivity index (χ2v) is 5.05. The molecular weight excluding hydrogens is 240 g/mol. The van der Waals surface area contributed by atoms with Gasteiger partial charge in [0.1, 0.15) is 0 Å². The summed E-state index contributed by atoms with van der Waals surface area (Å²) in [4.78, 5) is 4.43. The van der Waals surface area contributed by atoms with Gasteiger partial charge in [-0.3, -0.25) is 0 Å². The molecule has 19 heavy (non-hydrogen) atoms. The van der Waals surface area contributed by atoms with Crippen molar-refractivity contribution in [3.05, 3.63) is 29.2 Å². The second-order valence-electron chi connectivity index (χ2n) is 5.05. The molecule has 2 atom stereocenters. The van der Waals surface area contributed by atoms with E-state index in [1.54, 1.807) is 0 Å². The van der Waals surface area contributed by atoms with Crippen LogP contribution in [-0.2, 0) is 0 Å². The zero-order valence-corrected chi connectivity index (χ0v) is 12.0. The lowest BCUT2D eigenvalue weighted by Crippen LogP contribution is -2.29. The van der Waals surface area contributed by atoms with Crippen LogP contribution < -0.4 is 5.32 Å². The molecule has 2 aromatic rings. The number of aliphatic hydroxyl groups excluding tert-OH is 1. The molecule has 0 aliphatic rings. The molecule has 5 heteroatoms. The minimum Gasteiger partial charge on any atom is -0.392 e. The highest BCUT2D eigenvalue weighted by molar-refractivity contribution is 5.42. The van der Waals surface area contributed by atoms with Crippen LogP contribution in [0.4, 0.5) is 0 Å². The molecule has 2 rings (SSSR count). The van der Waals surface area contributed by atoms with Gasteiger partial charge in [-0.25, -0.2) is 9.50 Å². The normalized spacial score (nSPS) is 14.8. The summed E-state index contributed by atoms with van der Waals surface area (Å²) in [6.45, 7) is 8.65. The number of hydrogen-bond donors (Lipinski definition) is 2. The molecule has 2 heterocycles. The Labute approximate surface area is 113 Å². The average molecular weight is 262 g/mol. The number of aliphatic hydroxyl groups is 1. The molecule has 0 bridgehead atoms. The lowest BCUT2D eigenvalue weighted by molar-refractivity contribution is 0.163. The zero-order chi connectivity index (χ0) is 14.0. The van der Waals surface area contributed by atoms with Crippen LogP contribution in [0.1, 0.15) is 43.3 Å². The van der Waals surface area contributed by atoms with Gasteiger partial charge in [0.25, 0.3) is 0 Å². The number of nitrogens with one attached hydrogen (secondary N) is 1. The van der Waals surface area contributed by atoms with Crippen LogP contribution >= 0.6 is 0 Å². The smallest absolute Gasteiger partial charge is 0.155 e. The summed E-state index contributed by atoms with van der Waals surface area (Å²) in [5, 5.41) is 17.4. The molecule has 0 aliphatic heterocycles. The highest BCUT2D eigenvalue weighted by atomic mass is 16.3. The van der Waals surface area contributed by atoms with Crippen LogP contribution in [0.2, 0.25) is 0 Å². The molecule has 0 saturated carbocycles. The van der Waals surface area contributed by atoms with E-state index in [4.69, 9.17) is 0 Å². The Balaban J connectivity index is 2.22. The summed E-state index contributed by atoms with van der Waals surface area (Å²) in [7, 11) is 0. The van der Waals surface area contributed by atoms with Gasteiger partial charge in [-0.15, -0.1) is 0 Å². The topological polar surface area (TPSA) is 62.5 Å². The van der Waals surface area contributed by atoms with Crippen LogP contribution in [-0.4, -0.2) is 32.4 Å². The first-order valence-corrected chi connectivity index (χ1v) is 6.76. The second kappa shape index (κ2) is 5.67. The lowest BCUT2D eigenvalue weighted by Gasteiger charge is -2.18. The largest absolute Gasteiger partial charge is 0.392 e. The zero-order valence-electron chi connectivity index (χ0n) is 12.0. The van der Waals surface area contributed by atoms with Crippen LogP contribution in [0.3, 0.4) is 0 Å². The molecule has 0 fully saturated rings. The quantitative estimate of drug-likeness (QED) is 0.862. The first-order chi connectivity index (χ1) is 9.02. The summed E-state index contributed by atoms with van der Waals surface area (Å²) in [5.41, 5.74) is 4.04. The van der Waals surface area contributed by atoms with Gasteiger partial charge in [0.15, 0.2) is 5.65 Å². The Morgan fingerprint density at radius 3 is 2.84 bits per heavy atom. The highest BCUT2D eigenvalue weighted by Crippen LogP contribution is 2.17. The van der Waals surface area contributed by atoms with Crippen molar-refractivity contribution < 1.29 is 5.11 Å². The molecule has 0 amide bonds. The monoisotopic (exact) mass is 262 g/mol. The molecule has 0 aliphatic carbocycles. The van der Waals surface area contributed by atoms with Gasteiger partial charge in [-0.2, -0.15) is 5.10 Å². The Morgan fingerprint density at radius 2 is 2.16 bits per heavy atom. The fourth-order valence-electron chi connectivity index (χ4n) is 2.17. The molecule has 0 saturated heterocycles. The van der Waals surface area contributed by atoms with Crippen LogP contribution in [0.15, 0.2) is 12.3 Å². The van der Waals surface area contributed by atoms with E-state index in [0.717, 1.165) is 29.0 Å². The lowest BCUT2D eigenvalue weighted by atomic mass is 10.1. The maximum absolute atomic E-state index is 9.60. The molecule has 2 aromatic heterocycles. The average Bonchev–Trinajstić information content (AvgIpc) is 2.77. The van der Waals surface area contributed by atoms with Gasteiger partial charge in [0.2, 0.25) is 0 Å². The molecule has 0 spiro atoms. The van der Waals surface area contributed by atoms with Crippen LogP contribution in [0.5, 0.6) is 0 Å². The molecule has 2 unspecified atom stereocenters.